The molecule has 158 valence electrons. The summed E-state index contributed by atoms with van der Waals surface area (Å²) >= 11 is 0. The molecule has 0 amide bonds. The lowest BCUT2D eigenvalue weighted by Crippen LogP contribution is -1.98. The van der Waals surface area contributed by atoms with E-state index in [4.69, 9.17) is 4.74 Å². The van der Waals surface area contributed by atoms with E-state index in [2.05, 4.69) is 79.5 Å². The molecule has 0 radical (unpaired) electrons. The molecule has 30 heavy (non-hydrogen) atoms. The van der Waals surface area contributed by atoms with Gasteiger partial charge < -0.3 is 4.74 Å². The van der Waals surface area contributed by atoms with Crippen LogP contribution < -0.4 is 4.74 Å². The summed E-state index contributed by atoms with van der Waals surface area (Å²) in [6.07, 6.45) is 11.3. The van der Waals surface area contributed by atoms with Crippen molar-refractivity contribution in [2.45, 2.75) is 65.2 Å². The first-order valence-electron chi connectivity index (χ1n) is 11.5. The van der Waals surface area contributed by atoms with E-state index in [1.807, 2.05) is 6.20 Å². The Morgan fingerprint density at radius 3 is 1.97 bits per heavy atom. The van der Waals surface area contributed by atoms with Crippen LogP contribution in [0.5, 0.6) is 5.75 Å². The van der Waals surface area contributed by atoms with Crippen LogP contribution in [0, 0.1) is 0 Å². The maximum Gasteiger partial charge on any atom is 0.119 e. The molecule has 3 rings (SSSR count). The van der Waals surface area contributed by atoms with E-state index in [1.165, 1.54) is 47.9 Å². The molecule has 0 bridgehead atoms. The Labute approximate surface area is 182 Å². The van der Waals surface area contributed by atoms with Gasteiger partial charge in [0.2, 0.25) is 0 Å². The lowest BCUT2D eigenvalue weighted by atomic mass is 10.0. The van der Waals surface area contributed by atoms with Gasteiger partial charge in [0.25, 0.3) is 0 Å². The molecule has 0 unspecified atom stereocenters. The van der Waals surface area contributed by atoms with Crippen molar-refractivity contribution in [3.05, 3.63) is 83.6 Å². The fourth-order valence-electron chi connectivity index (χ4n) is 3.63. The third-order valence-corrected chi connectivity index (χ3v) is 5.51. The Balaban J connectivity index is 1.46. The minimum atomic E-state index is 0.818. The number of pyridine rings is 1. The van der Waals surface area contributed by atoms with E-state index in [9.17, 15) is 0 Å². The van der Waals surface area contributed by atoms with Gasteiger partial charge in [-0.2, -0.15) is 0 Å². The first kappa shape index (κ1) is 22.1. The van der Waals surface area contributed by atoms with Crippen LogP contribution in [0.1, 0.15) is 62.6 Å². The largest absolute Gasteiger partial charge is 0.494 e. The highest BCUT2D eigenvalue weighted by atomic mass is 16.5. The highest BCUT2D eigenvalue weighted by Gasteiger charge is 2.02. The summed E-state index contributed by atoms with van der Waals surface area (Å²) in [6, 6.07) is 21.7. The summed E-state index contributed by atoms with van der Waals surface area (Å²) in [5.41, 5.74) is 6.24. The summed E-state index contributed by atoms with van der Waals surface area (Å²) in [7, 11) is 0. The summed E-state index contributed by atoms with van der Waals surface area (Å²) in [4.78, 5) is 4.69. The van der Waals surface area contributed by atoms with Gasteiger partial charge in [0.15, 0.2) is 0 Å². The van der Waals surface area contributed by atoms with Crippen molar-refractivity contribution < 1.29 is 4.74 Å². The molecule has 0 aliphatic rings. The number of hydrogen-bond acceptors (Lipinski definition) is 2. The summed E-state index contributed by atoms with van der Waals surface area (Å²) in [5.74, 6) is 0.978. The number of unbranched alkanes of at least 4 members (excludes halogenated alkanes) is 3. The molecule has 0 atom stereocenters. The number of hydrogen-bond donors (Lipinski definition) is 0. The minimum Gasteiger partial charge on any atom is -0.494 e. The van der Waals surface area contributed by atoms with Gasteiger partial charge in [-0.15, -0.1) is 0 Å². The van der Waals surface area contributed by atoms with E-state index in [-0.39, 0.29) is 0 Å². The second kappa shape index (κ2) is 12.2. The van der Waals surface area contributed by atoms with E-state index in [0.717, 1.165) is 43.7 Å². The lowest BCUT2D eigenvalue weighted by Gasteiger charge is -2.08. The first-order chi connectivity index (χ1) is 14.8. The Morgan fingerprint density at radius 2 is 1.30 bits per heavy atom. The lowest BCUT2D eigenvalue weighted by molar-refractivity contribution is 0.305. The van der Waals surface area contributed by atoms with Crippen LogP contribution in [0.2, 0.25) is 0 Å². The molecule has 0 aliphatic heterocycles. The SMILES string of the molecule is CCCCCCOc1ccc(CCc2ccc(-c3ccc(CCC)cc3)nc2)cc1. The Bertz CT molecular complexity index is 851. The highest BCUT2D eigenvalue weighted by molar-refractivity contribution is 5.59. The molecule has 2 nitrogen and oxygen atoms in total. The Morgan fingerprint density at radius 1 is 0.633 bits per heavy atom. The second-order valence-electron chi connectivity index (χ2n) is 8.05. The van der Waals surface area contributed by atoms with E-state index in [0.29, 0.717) is 0 Å². The van der Waals surface area contributed by atoms with Crippen molar-refractivity contribution in [2.24, 2.45) is 0 Å². The number of benzene rings is 2. The average Bonchev–Trinajstić information content (AvgIpc) is 2.79. The van der Waals surface area contributed by atoms with Gasteiger partial charge in [-0.05, 0) is 60.6 Å². The molecule has 3 aromatic rings. The molecule has 0 spiro atoms. The van der Waals surface area contributed by atoms with Crippen LogP contribution in [-0.2, 0) is 19.3 Å². The van der Waals surface area contributed by atoms with E-state index < -0.39 is 0 Å². The zero-order valence-electron chi connectivity index (χ0n) is 18.6. The second-order valence-corrected chi connectivity index (χ2v) is 8.05. The molecule has 0 saturated carbocycles. The molecule has 0 aliphatic carbocycles. The van der Waals surface area contributed by atoms with E-state index >= 15 is 0 Å². The average molecular weight is 402 g/mol. The van der Waals surface area contributed by atoms with Gasteiger partial charge in [0.1, 0.15) is 5.75 Å². The van der Waals surface area contributed by atoms with Crippen molar-refractivity contribution in [1.29, 1.82) is 0 Å². The normalized spacial score (nSPS) is 10.9. The van der Waals surface area contributed by atoms with Crippen molar-refractivity contribution in [2.75, 3.05) is 6.61 Å². The number of ether oxygens (including phenoxy) is 1. The van der Waals surface area contributed by atoms with Gasteiger partial charge in [-0.3, -0.25) is 4.98 Å². The van der Waals surface area contributed by atoms with Crippen molar-refractivity contribution in [1.82, 2.24) is 4.98 Å². The van der Waals surface area contributed by atoms with Crippen LogP contribution in [-0.4, -0.2) is 11.6 Å². The zero-order chi connectivity index (χ0) is 21.0. The fraction of sp³-hybridized carbons (Fsp3) is 0.393. The smallest absolute Gasteiger partial charge is 0.119 e. The van der Waals surface area contributed by atoms with E-state index in [1.54, 1.807) is 0 Å². The summed E-state index contributed by atoms with van der Waals surface area (Å²) in [6.45, 7) is 5.26. The molecular formula is C28H35NO. The summed E-state index contributed by atoms with van der Waals surface area (Å²) < 4.78 is 5.84. The van der Waals surface area contributed by atoms with Crippen molar-refractivity contribution in [3.63, 3.8) is 0 Å². The van der Waals surface area contributed by atoms with Crippen molar-refractivity contribution >= 4 is 0 Å². The molecule has 2 heteroatoms. The number of rotatable bonds is 12. The number of nitrogens with zero attached hydrogens (tertiary/aromatic N) is 1. The molecule has 2 aromatic carbocycles. The predicted molar refractivity (Wildman–Crippen MR) is 127 cm³/mol. The fourth-order valence-corrected chi connectivity index (χ4v) is 3.63. The highest BCUT2D eigenvalue weighted by Crippen LogP contribution is 2.19. The molecule has 0 N–H and O–H groups in total. The minimum absolute atomic E-state index is 0.818. The van der Waals surface area contributed by atoms with Gasteiger partial charge in [0, 0.05) is 11.8 Å². The van der Waals surface area contributed by atoms with Crippen LogP contribution in [0.4, 0.5) is 0 Å². The van der Waals surface area contributed by atoms with Crippen LogP contribution in [0.3, 0.4) is 0 Å². The Hall–Kier alpha value is -2.61. The third-order valence-electron chi connectivity index (χ3n) is 5.51. The maximum atomic E-state index is 5.84. The quantitative estimate of drug-likeness (QED) is 0.294. The van der Waals surface area contributed by atoms with Gasteiger partial charge in [0.05, 0.1) is 12.3 Å². The number of aryl methyl sites for hydroxylation is 3. The zero-order valence-corrected chi connectivity index (χ0v) is 18.6. The number of aromatic nitrogens is 1. The third kappa shape index (κ3) is 7.02. The first-order valence-corrected chi connectivity index (χ1v) is 11.5. The van der Waals surface area contributed by atoms with Crippen molar-refractivity contribution in [3.8, 4) is 17.0 Å². The molecular weight excluding hydrogens is 366 g/mol. The Kier molecular flexibility index (Phi) is 8.96. The topological polar surface area (TPSA) is 22.1 Å². The van der Waals surface area contributed by atoms with Gasteiger partial charge in [-0.25, -0.2) is 0 Å². The maximum absolute atomic E-state index is 5.84. The molecule has 0 fully saturated rings. The van der Waals surface area contributed by atoms with Crippen LogP contribution in [0.15, 0.2) is 66.9 Å². The predicted octanol–water partition coefficient (Wildman–Crippen LogP) is 7.45. The standard InChI is InChI=1S/C28H35NO/c1-3-5-6-7-21-30-27-18-13-24(14-19-27)9-10-25-15-20-28(29-22-25)26-16-11-23(8-4-2)12-17-26/h11-20,22H,3-10,21H2,1-2H3. The van der Waals surface area contributed by atoms with Crippen LogP contribution >= 0.6 is 0 Å². The monoisotopic (exact) mass is 401 g/mol. The van der Waals surface area contributed by atoms with Gasteiger partial charge in [-0.1, -0.05) is 82.0 Å². The molecule has 0 saturated heterocycles. The van der Waals surface area contributed by atoms with Gasteiger partial charge >= 0.3 is 0 Å². The molecule has 1 heterocycles. The summed E-state index contributed by atoms with van der Waals surface area (Å²) in [5, 5.41) is 0. The molecule has 1 aromatic heterocycles. The van der Waals surface area contributed by atoms with Crippen LogP contribution in [0.25, 0.3) is 11.3 Å².